The molecule has 0 bridgehead atoms. The fourth-order valence-electron chi connectivity index (χ4n) is 3.05. The number of aliphatic hydroxyl groups is 1. The normalized spacial score (nSPS) is 18.7. The maximum absolute atomic E-state index is 9.64. The predicted octanol–water partition coefficient (Wildman–Crippen LogP) is 2.54. The summed E-state index contributed by atoms with van der Waals surface area (Å²) in [5.41, 5.74) is 0.865. The Morgan fingerprint density at radius 3 is 2.59 bits per heavy atom. The predicted molar refractivity (Wildman–Crippen MR) is 81.2 cm³/mol. The Hall–Kier alpha value is -1.66. The minimum atomic E-state index is -0.218. The first kappa shape index (κ1) is 15.2. The molecule has 1 N–H and O–H groups in total. The quantitative estimate of drug-likeness (QED) is 0.935. The van der Waals surface area contributed by atoms with E-state index < -0.39 is 0 Å². The van der Waals surface area contributed by atoms with E-state index in [2.05, 4.69) is 15.1 Å². The molecule has 1 unspecified atom stereocenters. The lowest BCUT2D eigenvalue weighted by atomic mass is 9.92. The standard InChI is InChI=1S/C16H23N3O3/c1-10-8-14(12(3)21-10)16-18-17-15(22-16)9-19-6-4-13(5-7-19)11(2)20/h8,11,13,20H,4-7,9H2,1-3H3. The molecule has 0 aromatic carbocycles. The Kier molecular flexibility index (Phi) is 4.31. The van der Waals surface area contributed by atoms with Crippen molar-refractivity contribution in [2.24, 2.45) is 5.92 Å². The molecule has 6 nitrogen and oxygen atoms in total. The molecular weight excluding hydrogens is 282 g/mol. The van der Waals surface area contributed by atoms with Crippen LogP contribution >= 0.6 is 0 Å². The van der Waals surface area contributed by atoms with E-state index in [-0.39, 0.29) is 6.10 Å². The summed E-state index contributed by atoms with van der Waals surface area (Å²) >= 11 is 0. The van der Waals surface area contributed by atoms with Gasteiger partial charge in [-0.2, -0.15) is 0 Å². The lowest BCUT2D eigenvalue weighted by Gasteiger charge is -2.32. The van der Waals surface area contributed by atoms with Gasteiger partial charge in [-0.05, 0) is 58.7 Å². The van der Waals surface area contributed by atoms with E-state index in [1.807, 2.05) is 26.8 Å². The highest BCUT2D eigenvalue weighted by Gasteiger charge is 2.24. The SMILES string of the molecule is Cc1cc(-c2nnc(CN3CCC(C(C)O)CC3)o2)c(C)o1. The van der Waals surface area contributed by atoms with Crippen LogP contribution in [0.25, 0.3) is 11.5 Å². The second kappa shape index (κ2) is 6.22. The summed E-state index contributed by atoms with van der Waals surface area (Å²) in [7, 11) is 0. The Labute approximate surface area is 130 Å². The van der Waals surface area contributed by atoms with E-state index in [1.54, 1.807) is 0 Å². The maximum atomic E-state index is 9.64. The van der Waals surface area contributed by atoms with Crippen molar-refractivity contribution in [2.75, 3.05) is 13.1 Å². The third-order valence-corrected chi connectivity index (χ3v) is 4.41. The van der Waals surface area contributed by atoms with Crippen LogP contribution in [0.1, 0.15) is 37.2 Å². The summed E-state index contributed by atoms with van der Waals surface area (Å²) in [6.07, 6.45) is 1.81. The van der Waals surface area contributed by atoms with Gasteiger partial charge in [-0.3, -0.25) is 4.90 Å². The first-order valence-electron chi connectivity index (χ1n) is 7.83. The summed E-state index contributed by atoms with van der Waals surface area (Å²) in [6.45, 7) is 8.25. The van der Waals surface area contributed by atoms with Gasteiger partial charge in [-0.25, -0.2) is 0 Å². The van der Waals surface area contributed by atoms with Gasteiger partial charge in [0, 0.05) is 0 Å². The number of furan rings is 1. The van der Waals surface area contributed by atoms with Crippen LogP contribution in [0.3, 0.4) is 0 Å². The molecule has 2 aromatic heterocycles. The fourth-order valence-corrected chi connectivity index (χ4v) is 3.05. The number of aromatic nitrogens is 2. The van der Waals surface area contributed by atoms with Crippen LogP contribution in [0, 0.1) is 19.8 Å². The molecule has 1 atom stereocenters. The smallest absolute Gasteiger partial charge is 0.251 e. The van der Waals surface area contributed by atoms with Gasteiger partial charge >= 0.3 is 0 Å². The molecule has 6 heteroatoms. The third-order valence-electron chi connectivity index (χ3n) is 4.41. The molecule has 3 heterocycles. The molecule has 1 fully saturated rings. The zero-order valence-electron chi connectivity index (χ0n) is 13.4. The molecule has 0 spiro atoms. The van der Waals surface area contributed by atoms with E-state index in [1.165, 1.54) is 0 Å². The van der Waals surface area contributed by atoms with Crippen molar-refractivity contribution in [1.29, 1.82) is 0 Å². The molecule has 3 rings (SSSR count). The Balaban J connectivity index is 1.62. The van der Waals surface area contributed by atoms with E-state index in [0.717, 1.165) is 43.0 Å². The van der Waals surface area contributed by atoms with Crippen LogP contribution in [0.4, 0.5) is 0 Å². The largest absolute Gasteiger partial charge is 0.466 e. The van der Waals surface area contributed by atoms with Crippen molar-refractivity contribution < 1.29 is 13.9 Å². The van der Waals surface area contributed by atoms with Gasteiger partial charge in [-0.1, -0.05) is 0 Å². The summed E-state index contributed by atoms with van der Waals surface area (Å²) in [6, 6.07) is 1.92. The minimum Gasteiger partial charge on any atom is -0.466 e. The Morgan fingerprint density at radius 2 is 2.00 bits per heavy atom. The van der Waals surface area contributed by atoms with Crippen LogP contribution in [-0.4, -0.2) is 39.4 Å². The number of hydrogen-bond donors (Lipinski definition) is 1. The summed E-state index contributed by atoms with van der Waals surface area (Å²) < 4.78 is 11.3. The van der Waals surface area contributed by atoms with Crippen LogP contribution in [-0.2, 0) is 6.54 Å². The maximum Gasteiger partial charge on any atom is 0.251 e. The topological polar surface area (TPSA) is 75.5 Å². The number of piperidine rings is 1. The molecular formula is C16H23N3O3. The summed E-state index contributed by atoms with van der Waals surface area (Å²) in [5.74, 6) is 3.19. The average molecular weight is 305 g/mol. The molecule has 22 heavy (non-hydrogen) atoms. The summed E-state index contributed by atoms with van der Waals surface area (Å²) in [4.78, 5) is 2.30. The molecule has 1 saturated heterocycles. The van der Waals surface area contributed by atoms with Gasteiger partial charge in [0.1, 0.15) is 11.5 Å². The Morgan fingerprint density at radius 1 is 1.27 bits per heavy atom. The second-order valence-electron chi connectivity index (χ2n) is 6.18. The van der Waals surface area contributed by atoms with E-state index in [9.17, 15) is 5.11 Å². The minimum absolute atomic E-state index is 0.218. The van der Waals surface area contributed by atoms with Gasteiger partial charge in [0.05, 0.1) is 18.2 Å². The molecule has 1 aliphatic heterocycles. The van der Waals surface area contributed by atoms with Crippen LogP contribution in [0.5, 0.6) is 0 Å². The zero-order chi connectivity index (χ0) is 15.7. The molecule has 1 aliphatic rings. The third kappa shape index (κ3) is 3.23. The van der Waals surface area contributed by atoms with E-state index in [4.69, 9.17) is 8.83 Å². The lowest BCUT2D eigenvalue weighted by Crippen LogP contribution is -2.36. The number of aryl methyl sites for hydroxylation is 2. The van der Waals surface area contributed by atoms with Crippen molar-refractivity contribution in [2.45, 2.75) is 46.3 Å². The monoisotopic (exact) mass is 305 g/mol. The van der Waals surface area contributed by atoms with Crippen molar-refractivity contribution in [3.8, 4) is 11.5 Å². The van der Waals surface area contributed by atoms with Gasteiger partial charge in [0.25, 0.3) is 5.89 Å². The molecule has 0 aliphatic carbocycles. The second-order valence-corrected chi connectivity index (χ2v) is 6.18. The average Bonchev–Trinajstić information content (AvgIpc) is 3.06. The van der Waals surface area contributed by atoms with Crippen molar-refractivity contribution in [3.63, 3.8) is 0 Å². The van der Waals surface area contributed by atoms with Gasteiger partial charge in [0.15, 0.2) is 0 Å². The highest BCUT2D eigenvalue weighted by atomic mass is 16.4. The first-order valence-corrected chi connectivity index (χ1v) is 7.83. The van der Waals surface area contributed by atoms with Crippen molar-refractivity contribution in [1.82, 2.24) is 15.1 Å². The van der Waals surface area contributed by atoms with Gasteiger partial charge in [-0.15, -0.1) is 10.2 Å². The zero-order valence-corrected chi connectivity index (χ0v) is 13.4. The molecule has 0 radical (unpaired) electrons. The van der Waals surface area contributed by atoms with Crippen molar-refractivity contribution in [3.05, 3.63) is 23.5 Å². The van der Waals surface area contributed by atoms with Crippen LogP contribution in [0.15, 0.2) is 14.9 Å². The number of hydrogen-bond acceptors (Lipinski definition) is 6. The molecule has 0 saturated carbocycles. The Bertz CT molecular complexity index is 624. The van der Waals surface area contributed by atoms with Gasteiger partial charge < -0.3 is 13.9 Å². The number of aliphatic hydroxyl groups excluding tert-OH is 1. The summed E-state index contributed by atoms with van der Waals surface area (Å²) in [5, 5.41) is 17.9. The van der Waals surface area contributed by atoms with Crippen LogP contribution in [0.2, 0.25) is 0 Å². The van der Waals surface area contributed by atoms with Crippen molar-refractivity contribution >= 4 is 0 Å². The molecule has 0 amide bonds. The van der Waals surface area contributed by atoms with E-state index in [0.29, 0.717) is 24.2 Å². The fraction of sp³-hybridized carbons (Fsp3) is 0.625. The molecule has 2 aromatic rings. The molecule has 120 valence electrons. The van der Waals surface area contributed by atoms with E-state index >= 15 is 0 Å². The number of rotatable bonds is 4. The first-order chi connectivity index (χ1) is 10.5. The lowest BCUT2D eigenvalue weighted by molar-refractivity contribution is 0.0668. The van der Waals surface area contributed by atoms with Crippen LogP contribution < -0.4 is 0 Å². The highest BCUT2D eigenvalue weighted by Crippen LogP contribution is 2.26. The number of likely N-dealkylation sites (tertiary alicyclic amines) is 1. The highest BCUT2D eigenvalue weighted by molar-refractivity contribution is 5.55. The number of nitrogens with zero attached hydrogens (tertiary/aromatic N) is 3. The van der Waals surface area contributed by atoms with Gasteiger partial charge in [0.2, 0.25) is 5.89 Å².